The molecule has 2 aromatic carbocycles. The maximum Gasteiger partial charge on any atom is 0.335 e. The number of hydrogen-bond acceptors (Lipinski definition) is 4. The Kier molecular flexibility index (Phi) is 5.04. The van der Waals surface area contributed by atoms with Gasteiger partial charge in [-0.05, 0) is 30.7 Å². The summed E-state index contributed by atoms with van der Waals surface area (Å²) in [4.78, 5) is 10.9. The van der Waals surface area contributed by atoms with Crippen LogP contribution in [0.4, 0.5) is 0 Å². The van der Waals surface area contributed by atoms with E-state index in [0.717, 1.165) is 12.0 Å². The maximum atomic E-state index is 10.9. The summed E-state index contributed by atoms with van der Waals surface area (Å²) in [6.07, 6.45) is 0.806. The van der Waals surface area contributed by atoms with Crippen molar-refractivity contribution in [3.63, 3.8) is 0 Å². The molecule has 1 heterocycles. The number of carboxylic acids is 1. The summed E-state index contributed by atoms with van der Waals surface area (Å²) in [6.45, 7) is 2.59. The smallest absolute Gasteiger partial charge is 0.335 e. The average molecular weight is 334 g/mol. The zero-order valence-electron chi connectivity index (χ0n) is 13.8. The van der Waals surface area contributed by atoms with E-state index in [1.54, 1.807) is 30.3 Å². The molecule has 5 nitrogen and oxygen atoms in total. The molecule has 0 spiro atoms. The lowest BCUT2D eigenvalue weighted by Gasteiger charge is -2.06. The first-order valence-corrected chi connectivity index (χ1v) is 7.97. The predicted octanol–water partition coefficient (Wildman–Crippen LogP) is 3.77. The fraction of sp³-hybridized carbons (Fsp3) is 0.150. The number of aromatic nitrogens is 2. The lowest BCUT2D eigenvalue weighted by Crippen LogP contribution is -2.03. The number of hydrogen-bond donors (Lipinski definition) is 1. The molecule has 0 aliphatic carbocycles. The van der Waals surface area contributed by atoms with Crippen LogP contribution in [0, 0.1) is 6.92 Å². The van der Waals surface area contributed by atoms with Crippen LogP contribution in [-0.4, -0.2) is 27.9 Å². The van der Waals surface area contributed by atoms with Gasteiger partial charge in [0.25, 0.3) is 0 Å². The molecule has 126 valence electrons. The predicted molar refractivity (Wildman–Crippen MR) is 94.8 cm³/mol. The van der Waals surface area contributed by atoms with E-state index < -0.39 is 5.97 Å². The van der Waals surface area contributed by atoms with E-state index in [-0.39, 0.29) is 5.56 Å². The van der Waals surface area contributed by atoms with Gasteiger partial charge in [-0.25, -0.2) is 4.79 Å². The third-order valence-corrected chi connectivity index (χ3v) is 3.83. The molecule has 0 aliphatic heterocycles. The Balaban J connectivity index is 1.58. The number of carboxylic acid groups (broad SMARTS) is 1. The first-order chi connectivity index (χ1) is 12.1. The monoisotopic (exact) mass is 334 g/mol. The molecule has 0 radical (unpaired) electrons. The summed E-state index contributed by atoms with van der Waals surface area (Å²) in [5.41, 5.74) is 4.18. The minimum absolute atomic E-state index is 0.243. The molecule has 1 N–H and O–H groups in total. The van der Waals surface area contributed by atoms with Crippen molar-refractivity contribution in [2.75, 3.05) is 6.61 Å². The highest BCUT2D eigenvalue weighted by atomic mass is 16.5. The molecule has 0 fully saturated rings. The molecule has 0 atom stereocenters. The van der Waals surface area contributed by atoms with Crippen LogP contribution in [0.1, 0.15) is 21.5 Å². The summed E-state index contributed by atoms with van der Waals surface area (Å²) in [6, 6.07) is 18.4. The second-order valence-electron chi connectivity index (χ2n) is 5.72. The van der Waals surface area contributed by atoms with Gasteiger partial charge in [0.15, 0.2) is 0 Å². The van der Waals surface area contributed by atoms with E-state index in [1.165, 1.54) is 11.1 Å². The van der Waals surface area contributed by atoms with Crippen LogP contribution in [-0.2, 0) is 6.42 Å². The molecule has 5 heteroatoms. The van der Waals surface area contributed by atoms with Crippen LogP contribution in [0.5, 0.6) is 5.88 Å². The Labute approximate surface area is 145 Å². The van der Waals surface area contributed by atoms with Gasteiger partial charge in [0, 0.05) is 18.1 Å². The van der Waals surface area contributed by atoms with Gasteiger partial charge < -0.3 is 9.84 Å². The Bertz CT molecular complexity index is 842. The first kappa shape index (κ1) is 16.6. The molecule has 1 aromatic heterocycles. The topological polar surface area (TPSA) is 72.3 Å². The molecular formula is C20H18N2O3. The second-order valence-corrected chi connectivity index (χ2v) is 5.72. The van der Waals surface area contributed by atoms with Crippen LogP contribution in [0.25, 0.3) is 11.3 Å². The highest BCUT2D eigenvalue weighted by Crippen LogP contribution is 2.18. The Morgan fingerprint density at radius 3 is 2.28 bits per heavy atom. The van der Waals surface area contributed by atoms with Crippen molar-refractivity contribution in [2.24, 2.45) is 0 Å². The van der Waals surface area contributed by atoms with Gasteiger partial charge >= 0.3 is 5.97 Å². The number of aryl methyl sites for hydroxylation is 1. The van der Waals surface area contributed by atoms with Crippen LogP contribution in [0.3, 0.4) is 0 Å². The highest BCUT2D eigenvalue weighted by molar-refractivity contribution is 5.88. The van der Waals surface area contributed by atoms with Gasteiger partial charge in [-0.2, -0.15) is 0 Å². The standard InChI is InChI=1S/C20H18N2O3/c1-14-2-4-15(5-3-14)12-13-25-19-11-10-18(21-22-19)16-6-8-17(9-7-16)20(23)24/h2-11H,12-13H2,1H3,(H,23,24). The average Bonchev–Trinajstić information content (AvgIpc) is 2.64. The second kappa shape index (κ2) is 7.57. The number of carbonyl (C=O) groups is 1. The van der Waals surface area contributed by atoms with E-state index in [0.29, 0.717) is 18.2 Å². The van der Waals surface area contributed by atoms with Gasteiger partial charge in [-0.15, -0.1) is 10.2 Å². The van der Waals surface area contributed by atoms with Crippen molar-refractivity contribution in [2.45, 2.75) is 13.3 Å². The fourth-order valence-electron chi connectivity index (χ4n) is 2.36. The summed E-state index contributed by atoms with van der Waals surface area (Å²) >= 11 is 0. The minimum atomic E-state index is -0.949. The van der Waals surface area contributed by atoms with Gasteiger partial charge in [0.2, 0.25) is 5.88 Å². The highest BCUT2D eigenvalue weighted by Gasteiger charge is 2.05. The lowest BCUT2D eigenvalue weighted by molar-refractivity contribution is 0.0697. The third-order valence-electron chi connectivity index (χ3n) is 3.83. The molecule has 0 saturated heterocycles. The first-order valence-electron chi connectivity index (χ1n) is 7.97. The van der Waals surface area contributed by atoms with E-state index >= 15 is 0 Å². The number of rotatable bonds is 6. The fourth-order valence-corrected chi connectivity index (χ4v) is 2.36. The van der Waals surface area contributed by atoms with Crippen molar-refractivity contribution in [1.29, 1.82) is 0 Å². The lowest BCUT2D eigenvalue weighted by atomic mass is 10.1. The molecule has 0 amide bonds. The van der Waals surface area contributed by atoms with E-state index in [9.17, 15) is 4.79 Å². The molecule has 0 saturated carbocycles. The van der Waals surface area contributed by atoms with Crippen LogP contribution in [0.2, 0.25) is 0 Å². The largest absolute Gasteiger partial charge is 0.478 e. The van der Waals surface area contributed by atoms with Crippen LogP contribution in [0.15, 0.2) is 60.7 Å². The van der Waals surface area contributed by atoms with Crippen LogP contribution < -0.4 is 4.74 Å². The number of nitrogens with zero attached hydrogens (tertiary/aromatic N) is 2. The molecule has 0 aliphatic rings. The van der Waals surface area contributed by atoms with Crippen molar-refractivity contribution in [1.82, 2.24) is 10.2 Å². The zero-order valence-corrected chi connectivity index (χ0v) is 13.8. The molecule has 3 rings (SSSR count). The summed E-state index contributed by atoms with van der Waals surface area (Å²) in [5, 5.41) is 17.1. The van der Waals surface area contributed by atoms with Crippen molar-refractivity contribution < 1.29 is 14.6 Å². The number of aromatic carboxylic acids is 1. The zero-order chi connectivity index (χ0) is 17.6. The Morgan fingerprint density at radius 2 is 1.68 bits per heavy atom. The van der Waals surface area contributed by atoms with Crippen molar-refractivity contribution in [3.05, 3.63) is 77.4 Å². The van der Waals surface area contributed by atoms with Crippen LogP contribution >= 0.6 is 0 Å². The maximum absolute atomic E-state index is 10.9. The van der Waals surface area contributed by atoms with E-state index in [2.05, 4.69) is 41.4 Å². The molecule has 0 unspecified atom stereocenters. The molecule has 0 bridgehead atoms. The van der Waals surface area contributed by atoms with E-state index in [4.69, 9.17) is 9.84 Å². The summed E-state index contributed by atoms with van der Waals surface area (Å²) < 4.78 is 5.63. The minimum Gasteiger partial charge on any atom is -0.478 e. The van der Waals surface area contributed by atoms with E-state index in [1.807, 2.05) is 6.07 Å². The normalized spacial score (nSPS) is 10.4. The van der Waals surface area contributed by atoms with Crippen molar-refractivity contribution >= 4 is 5.97 Å². The van der Waals surface area contributed by atoms with Gasteiger partial charge in [0.1, 0.15) is 0 Å². The number of ether oxygens (including phenoxy) is 1. The SMILES string of the molecule is Cc1ccc(CCOc2ccc(-c3ccc(C(=O)O)cc3)nn2)cc1. The Morgan fingerprint density at radius 1 is 0.960 bits per heavy atom. The summed E-state index contributed by atoms with van der Waals surface area (Å²) in [5.74, 6) is -0.479. The van der Waals surface area contributed by atoms with Gasteiger partial charge in [0.05, 0.1) is 17.9 Å². The molecule has 25 heavy (non-hydrogen) atoms. The third kappa shape index (κ3) is 4.41. The Hall–Kier alpha value is -3.21. The molecule has 3 aromatic rings. The van der Waals surface area contributed by atoms with Gasteiger partial charge in [-0.1, -0.05) is 42.0 Å². The van der Waals surface area contributed by atoms with Gasteiger partial charge in [-0.3, -0.25) is 0 Å². The summed E-state index contributed by atoms with van der Waals surface area (Å²) in [7, 11) is 0. The molecular weight excluding hydrogens is 316 g/mol. The quantitative estimate of drug-likeness (QED) is 0.743. The van der Waals surface area contributed by atoms with Crippen molar-refractivity contribution in [3.8, 4) is 17.1 Å². The number of benzene rings is 2.